The fraction of sp³-hybridized carbons (Fsp3) is 0.529. The monoisotopic (exact) mass is 380 g/mol. The zero-order valence-corrected chi connectivity index (χ0v) is 16.3. The van der Waals surface area contributed by atoms with Crippen molar-refractivity contribution in [2.75, 3.05) is 12.4 Å². The number of Topliss-reactive ketones (excluding diaryl/α,β-unsaturated/α-hetero) is 1. The number of carbonyl (C=O) groups is 2. The van der Waals surface area contributed by atoms with E-state index in [9.17, 15) is 14.4 Å². The normalized spacial score (nSPS) is 10.9. The van der Waals surface area contributed by atoms with Crippen LogP contribution >= 0.6 is 11.8 Å². The Labute approximate surface area is 155 Å². The van der Waals surface area contributed by atoms with E-state index < -0.39 is 5.97 Å². The van der Waals surface area contributed by atoms with E-state index in [-0.39, 0.29) is 23.8 Å². The Morgan fingerprint density at radius 1 is 1.27 bits per heavy atom. The minimum atomic E-state index is -0.472. The van der Waals surface area contributed by atoms with Crippen LogP contribution in [-0.4, -0.2) is 43.9 Å². The maximum absolute atomic E-state index is 12.7. The van der Waals surface area contributed by atoms with Gasteiger partial charge >= 0.3 is 11.7 Å². The van der Waals surface area contributed by atoms with Gasteiger partial charge in [0.15, 0.2) is 10.9 Å². The molecule has 8 nitrogen and oxygen atoms in total. The number of H-pyrrole nitrogens is 2. The Bertz CT molecular complexity index is 850. The molecular weight excluding hydrogens is 356 g/mol. The van der Waals surface area contributed by atoms with Crippen molar-refractivity contribution in [3.05, 3.63) is 33.0 Å². The Kier molecular flexibility index (Phi) is 6.84. The summed E-state index contributed by atoms with van der Waals surface area (Å²) in [6.07, 6.45) is 1.82. The lowest BCUT2D eigenvalue weighted by molar-refractivity contribution is 0.0519. The van der Waals surface area contributed by atoms with Crippen LogP contribution in [0.25, 0.3) is 0 Å². The highest BCUT2D eigenvalue weighted by Crippen LogP contribution is 2.23. The molecule has 0 spiro atoms. The van der Waals surface area contributed by atoms with Gasteiger partial charge in [-0.3, -0.25) is 9.36 Å². The van der Waals surface area contributed by atoms with Crippen molar-refractivity contribution in [2.45, 2.75) is 52.2 Å². The van der Waals surface area contributed by atoms with Crippen LogP contribution in [0.1, 0.15) is 58.8 Å². The van der Waals surface area contributed by atoms with Crippen LogP contribution in [0.15, 0.2) is 9.95 Å². The maximum Gasteiger partial charge on any atom is 0.355 e. The number of aryl methyl sites for hydroxylation is 1. The second-order valence-corrected chi connectivity index (χ2v) is 6.82. The molecule has 0 fully saturated rings. The smallest absolute Gasteiger partial charge is 0.355 e. The molecule has 0 bridgehead atoms. The van der Waals surface area contributed by atoms with Crippen LogP contribution in [0, 0.1) is 13.8 Å². The van der Waals surface area contributed by atoms with Crippen LogP contribution in [0.4, 0.5) is 0 Å². The minimum absolute atomic E-state index is 0.123. The van der Waals surface area contributed by atoms with Crippen LogP contribution in [0.2, 0.25) is 0 Å². The molecule has 2 rings (SSSR count). The van der Waals surface area contributed by atoms with Gasteiger partial charge in [-0.1, -0.05) is 25.1 Å². The molecule has 2 aromatic heterocycles. The number of hydrogen-bond donors (Lipinski definition) is 2. The van der Waals surface area contributed by atoms with Crippen molar-refractivity contribution in [1.82, 2.24) is 19.7 Å². The first-order valence-corrected chi connectivity index (χ1v) is 9.56. The third-order valence-electron chi connectivity index (χ3n) is 3.99. The molecule has 0 radical (unpaired) electrons. The lowest BCUT2D eigenvalue weighted by Crippen LogP contribution is -2.18. The molecular formula is C17H24N4O4S. The third-order valence-corrected chi connectivity index (χ3v) is 4.96. The Morgan fingerprint density at radius 2 is 2.00 bits per heavy atom. The van der Waals surface area contributed by atoms with Crippen molar-refractivity contribution >= 4 is 23.5 Å². The van der Waals surface area contributed by atoms with E-state index in [1.165, 1.54) is 11.8 Å². The van der Waals surface area contributed by atoms with E-state index >= 15 is 0 Å². The number of ketones is 1. The largest absolute Gasteiger partial charge is 0.461 e. The van der Waals surface area contributed by atoms with Gasteiger partial charge in [-0.15, -0.1) is 5.10 Å². The fourth-order valence-electron chi connectivity index (χ4n) is 2.70. The summed E-state index contributed by atoms with van der Waals surface area (Å²) in [5.74, 6) is -0.479. The molecule has 0 saturated heterocycles. The minimum Gasteiger partial charge on any atom is -0.461 e. The van der Waals surface area contributed by atoms with Crippen LogP contribution < -0.4 is 5.69 Å². The molecule has 2 heterocycles. The molecule has 142 valence electrons. The number of ether oxygens (including phenoxy) is 1. The van der Waals surface area contributed by atoms with Gasteiger partial charge in [0.25, 0.3) is 0 Å². The van der Waals surface area contributed by atoms with Crippen LogP contribution in [0.5, 0.6) is 0 Å². The first-order chi connectivity index (χ1) is 12.4. The van der Waals surface area contributed by atoms with Crippen molar-refractivity contribution in [2.24, 2.45) is 0 Å². The van der Waals surface area contributed by atoms with Crippen molar-refractivity contribution in [1.29, 1.82) is 0 Å². The van der Waals surface area contributed by atoms with Crippen LogP contribution in [-0.2, 0) is 11.3 Å². The maximum atomic E-state index is 12.7. The average molecular weight is 380 g/mol. The Balaban J connectivity index is 2.14. The predicted molar refractivity (Wildman–Crippen MR) is 99.0 cm³/mol. The van der Waals surface area contributed by atoms with Gasteiger partial charge in [-0.2, -0.15) is 0 Å². The molecule has 2 aromatic rings. The summed E-state index contributed by atoms with van der Waals surface area (Å²) in [6, 6.07) is 0. The molecule has 0 unspecified atom stereocenters. The molecule has 2 N–H and O–H groups in total. The van der Waals surface area contributed by atoms with E-state index in [4.69, 9.17) is 4.74 Å². The topological polar surface area (TPSA) is 110 Å². The van der Waals surface area contributed by atoms with Crippen molar-refractivity contribution in [3.8, 4) is 0 Å². The number of aromatic amines is 2. The van der Waals surface area contributed by atoms with Crippen LogP contribution in [0.3, 0.4) is 0 Å². The molecule has 0 atom stereocenters. The number of esters is 1. The lowest BCUT2D eigenvalue weighted by Gasteiger charge is -2.05. The SMILES string of the molecule is CCCCn1c(SCC(=O)c2c(C)[nH]c(C(=O)OCC)c2C)n[nH]c1=O. The summed E-state index contributed by atoms with van der Waals surface area (Å²) >= 11 is 1.21. The Hall–Kier alpha value is -2.29. The van der Waals surface area contributed by atoms with E-state index in [1.807, 2.05) is 6.92 Å². The average Bonchev–Trinajstić information content (AvgIpc) is 3.10. The first kappa shape index (κ1) is 20.0. The van der Waals surface area contributed by atoms with Gasteiger partial charge in [-0.25, -0.2) is 14.7 Å². The van der Waals surface area contributed by atoms with Gasteiger partial charge in [-0.05, 0) is 32.8 Å². The number of rotatable bonds is 9. The van der Waals surface area contributed by atoms with Crippen molar-refractivity contribution in [3.63, 3.8) is 0 Å². The number of aromatic nitrogens is 4. The van der Waals surface area contributed by atoms with Gasteiger partial charge in [0.1, 0.15) is 5.69 Å². The summed E-state index contributed by atoms with van der Waals surface area (Å²) in [5, 5.41) is 6.91. The molecule has 0 aliphatic rings. The van der Waals surface area contributed by atoms with Gasteiger partial charge in [0, 0.05) is 17.8 Å². The first-order valence-electron chi connectivity index (χ1n) is 8.58. The number of carbonyl (C=O) groups excluding carboxylic acids is 2. The van der Waals surface area contributed by atoms with Gasteiger partial charge < -0.3 is 9.72 Å². The molecule has 0 aliphatic carbocycles. The van der Waals surface area contributed by atoms with Crippen molar-refractivity contribution < 1.29 is 14.3 Å². The number of thioether (sulfide) groups is 1. The van der Waals surface area contributed by atoms with E-state index in [0.29, 0.717) is 34.2 Å². The summed E-state index contributed by atoms with van der Waals surface area (Å²) in [6.45, 7) is 8.08. The summed E-state index contributed by atoms with van der Waals surface area (Å²) < 4.78 is 6.55. The molecule has 9 heteroatoms. The zero-order chi connectivity index (χ0) is 19.3. The zero-order valence-electron chi connectivity index (χ0n) is 15.5. The van der Waals surface area contributed by atoms with Gasteiger partial charge in [0.05, 0.1) is 12.4 Å². The predicted octanol–water partition coefficient (Wildman–Crippen LogP) is 2.47. The molecule has 0 amide bonds. The summed E-state index contributed by atoms with van der Waals surface area (Å²) in [7, 11) is 0. The number of unbranched alkanes of at least 4 members (excludes halogenated alkanes) is 1. The third kappa shape index (κ3) is 4.27. The molecule has 0 saturated carbocycles. The highest BCUT2D eigenvalue weighted by atomic mass is 32.2. The Morgan fingerprint density at radius 3 is 2.65 bits per heavy atom. The summed E-state index contributed by atoms with van der Waals surface area (Å²) in [4.78, 5) is 39.4. The van der Waals surface area contributed by atoms with Gasteiger partial charge in [0.2, 0.25) is 0 Å². The lowest BCUT2D eigenvalue weighted by atomic mass is 10.1. The molecule has 0 aromatic carbocycles. The quantitative estimate of drug-likeness (QED) is 0.393. The van der Waals surface area contributed by atoms with E-state index in [2.05, 4.69) is 15.2 Å². The fourth-order valence-corrected chi connectivity index (χ4v) is 3.55. The highest BCUT2D eigenvalue weighted by Gasteiger charge is 2.23. The second kappa shape index (κ2) is 8.88. The number of nitrogens with zero attached hydrogens (tertiary/aromatic N) is 2. The number of hydrogen-bond acceptors (Lipinski definition) is 6. The standard InChI is InChI=1S/C17H24N4O4S/c1-5-7-8-21-16(24)19-20-17(21)26-9-12(22)13-10(3)14(18-11(13)4)15(23)25-6-2/h18H,5-9H2,1-4H3,(H,19,24). The molecule has 0 aliphatic heterocycles. The highest BCUT2D eigenvalue weighted by molar-refractivity contribution is 7.99. The van der Waals surface area contributed by atoms with E-state index in [0.717, 1.165) is 12.8 Å². The second-order valence-electron chi connectivity index (χ2n) is 5.87. The van der Waals surface area contributed by atoms with E-state index in [1.54, 1.807) is 25.3 Å². The summed E-state index contributed by atoms with van der Waals surface area (Å²) in [5.41, 5.74) is 1.72. The number of nitrogens with one attached hydrogen (secondary N) is 2. The molecule has 26 heavy (non-hydrogen) atoms.